The number of aliphatic hydroxyl groups excluding tert-OH is 1. The zero-order chi connectivity index (χ0) is 18.4. The van der Waals surface area contributed by atoms with E-state index in [4.69, 9.17) is 10.8 Å². The quantitative estimate of drug-likeness (QED) is 0.432. The number of nitrogen functional groups attached to an aromatic ring is 1. The highest BCUT2D eigenvalue weighted by molar-refractivity contribution is 5.61. The van der Waals surface area contributed by atoms with Crippen LogP contribution in [0.25, 0.3) is 0 Å². The highest BCUT2D eigenvalue weighted by atomic mass is 16.3. The highest BCUT2D eigenvalue weighted by Crippen LogP contribution is 2.28. The highest BCUT2D eigenvalue weighted by Gasteiger charge is 2.16. The molecule has 0 amide bonds. The molecule has 5 nitrogen and oxygen atoms in total. The molecule has 0 aromatic heterocycles. The van der Waals surface area contributed by atoms with Crippen molar-refractivity contribution in [1.82, 2.24) is 0 Å². The molecule has 0 radical (unpaired) electrons. The third-order valence-electron chi connectivity index (χ3n) is 4.58. The number of phenols is 2. The maximum atomic E-state index is 9.46. The van der Waals surface area contributed by atoms with Crippen molar-refractivity contribution in [2.75, 3.05) is 17.7 Å². The number of anilines is 2. The second-order valence-electron chi connectivity index (χ2n) is 6.55. The van der Waals surface area contributed by atoms with Gasteiger partial charge in [0.05, 0.1) is 5.69 Å². The number of benzene rings is 2. The molecule has 0 heterocycles. The lowest BCUT2D eigenvalue weighted by atomic mass is 9.93. The van der Waals surface area contributed by atoms with Crippen LogP contribution in [0.5, 0.6) is 11.5 Å². The van der Waals surface area contributed by atoms with Gasteiger partial charge in [-0.15, -0.1) is 0 Å². The first-order chi connectivity index (χ1) is 11.9. The smallest absolute Gasteiger partial charge is 0.141 e. The predicted molar refractivity (Wildman–Crippen MR) is 102 cm³/mol. The van der Waals surface area contributed by atoms with Gasteiger partial charge < -0.3 is 26.4 Å². The molecule has 1 fully saturated rings. The fraction of sp³-hybridized carbons (Fsp3) is 0.400. The van der Waals surface area contributed by atoms with E-state index in [1.807, 2.05) is 25.1 Å². The molecule has 1 aliphatic rings. The first-order valence-corrected chi connectivity index (χ1v) is 8.66. The second kappa shape index (κ2) is 8.62. The third kappa shape index (κ3) is 5.03. The molecule has 0 unspecified atom stereocenters. The molecule has 2 aromatic rings. The SMILES string of the molecule is Cc1ccc(CCO)c(N)c1O.Cc1ccc(NC2CCC2)cc1O. The lowest BCUT2D eigenvalue weighted by molar-refractivity contribution is 0.299. The molecule has 3 rings (SSSR count). The van der Waals surface area contributed by atoms with Crippen LogP contribution in [0.1, 0.15) is 36.0 Å². The summed E-state index contributed by atoms with van der Waals surface area (Å²) in [6.45, 7) is 3.74. The number of phenolic OH excluding ortho intramolecular Hbond substituents is 2. The first kappa shape index (κ1) is 18.9. The zero-order valence-electron chi connectivity index (χ0n) is 14.9. The topological polar surface area (TPSA) is 98.7 Å². The summed E-state index contributed by atoms with van der Waals surface area (Å²) >= 11 is 0. The van der Waals surface area contributed by atoms with E-state index >= 15 is 0 Å². The number of nitrogens with one attached hydrogen (secondary N) is 1. The van der Waals surface area contributed by atoms with Gasteiger partial charge in [0.2, 0.25) is 0 Å². The molecule has 0 bridgehead atoms. The molecule has 25 heavy (non-hydrogen) atoms. The van der Waals surface area contributed by atoms with Crippen molar-refractivity contribution in [2.24, 2.45) is 0 Å². The summed E-state index contributed by atoms with van der Waals surface area (Å²) in [5.41, 5.74) is 9.50. The van der Waals surface area contributed by atoms with Crippen LogP contribution in [0.2, 0.25) is 0 Å². The van der Waals surface area contributed by atoms with E-state index in [-0.39, 0.29) is 12.4 Å². The standard InChI is InChI=1S/C11H15NO.C9H13NO2/c1-8-5-6-10(7-11(8)13)12-9-3-2-4-9;1-6-2-3-7(4-5-11)8(10)9(6)12/h5-7,9,12-13H,2-4H2,1H3;2-3,11-12H,4-5,10H2,1H3. The van der Waals surface area contributed by atoms with Crippen LogP contribution in [0, 0.1) is 13.8 Å². The summed E-state index contributed by atoms with van der Waals surface area (Å²) in [5, 5.41) is 30.9. The van der Waals surface area contributed by atoms with E-state index in [9.17, 15) is 10.2 Å². The van der Waals surface area contributed by atoms with Gasteiger partial charge in [-0.2, -0.15) is 0 Å². The monoisotopic (exact) mass is 344 g/mol. The van der Waals surface area contributed by atoms with E-state index in [0.717, 1.165) is 22.4 Å². The Morgan fingerprint density at radius 2 is 1.76 bits per heavy atom. The molecule has 0 saturated heterocycles. The van der Waals surface area contributed by atoms with E-state index in [1.165, 1.54) is 19.3 Å². The fourth-order valence-electron chi connectivity index (χ4n) is 2.58. The first-order valence-electron chi connectivity index (χ1n) is 8.66. The van der Waals surface area contributed by atoms with Gasteiger partial charge in [0, 0.05) is 24.4 Å². The van der Waals surface area contributed by atoms with Crippen molar-refractivity contribution in [3.8, 4) is 11.5 Å². The summed E-state index contributed by atoms with van der Waals surface area (Å²) in [4.78, 5) is 0. The number of aromatic hydroxyl groups is 2. The van der Waals surface area contributed by atoms with Gasteiger partial charge in [0.1, 0.15) is 11.5 Å². The minimum absolute atomic E-state index is 0.0483. The molecule has 1 saturated carbocycles. The molecule has 5 heteroatoms. The number of hydrogen-bond donors (Lipinski definition) is 5. The van der Waals surface area contributed by atoms with Crippen molar-refractivity contribution in [3.63, 3.8) is 0 Å². The van der Waals surface area contributed by atoms with Gasteiger partial charge in [-0.3, -0.25) is 0 Å². The maximum Gasteiger partial charge on any atom is 0.141 e. The van der Waals surface area contributed by atoms with E-state index < -0.39 is 0 Å². The van der Waals surface area contributed by atoms with Gasteiger partial charge in [0.25, 0.3) is 0 Å². The zero-order valence-corrected chi connectivity index (χ0v) is 14.9. The van der Waals surface area contributed by atoms with Crippen LogP contribution in [0.3, 0.4) is 0 Å². The number of aryl methyl sites for hydroxylation is 2. The Kier molecular flexibility index (Phi) is 6.53. The molecule has 0 aliphatic heterocycles. The Bertz CT molecular complexity index is 712. The predicted octanol–water partition coefficient (Wildman–Crippen LogP) is 3.48. The molecule has 1 aliphatic carbocycles. The summed E-state index contributed by atoms with van der Waals surface area (Å²) in [5.74, 6) is 0.505. The molecule has 0 spiro atoms. The normalized spacial score (nSPS) is 13.6. The van der Waals surface area contributed by atoms with Gasteiger partial charge in [0.15, 0.2) is 0 Å². The van der Waals surface area contributed by atoms with Gasteiger partial charge >= 0.3 is 0 Å². The van der Waals surface area contributed by atoms with Gasteiger partial charge in [-0.1, -0.05) is 18.2 Å². The second-order valence-corrected chi connectivity index (χ2v) is 6.55. The molecular formula is C20H28N2O3. The van der Waals surface area contributed by atoms with Crippen LogP contribution in [-0.2, 0) is 6.42 Å². The Morgan fingerprint density at radius 3 is 2.32 bits per heavy atom. The number of rotatable bonds is 4. The van der Waals surface area contributed by atoms with Gasteiger partial charge in [-0.05, 0) is 62.3 Å². The Morgan fingerprint density at radius 1 is 1.08 bits per heavy atom. The Balaban J connectivity index is 0.000000181. The molecule has 136 valence electrons. The van der Waals surface area contributed by atoms with Crippen LogP contribution < -0.4 is 11.1 Å². The lowest BCUT2D eigenvalue weighted by Gasteiger charge is -2.27. The van der Waals surface area contributed by atoms with Crippen LogP contribution in [-0.4, -0.2) is 28.0 Å². The summed E-state index contributed by atoms with van der Waals surface area (Å²) in [6.07, 6.45) is 4.33. The fourth-order valence-corrected chi connectivity index (χ4v) is 2.58. The largest absolute Gasteiger partial charge is 0.508 e. The van der Waals surface area contributed by atoms with Crippen molar-refractivity contribution >= 4 is 11.4 Å². The summed E-state index contributed by atoms with van der Waals surface area (Å²) in [7, 11) is 0. The van der Waals surface area contributed by atoms with Crippen molar-refractivity contribution in [3.05, 3.63) is 47.0 Å². The van der Waals surface area contributed by atoms with Crippen LogP contribution >= 0.6 is 0 Å². The van der Waals surface area contributed by atoms with Crippen molar-refractivity contribution in [1.29, 1.82) is 0 Å². The van der Waals surface area contributed by atoms with Crippen molar-refractivity contribution < 1.29 is 15.3 Å². The van der Waals surface area contributed by atoms with Gasteiger partial charge in [-0.25, -0.2) is 0 Å². The average molecular weight is 344 g/mol. The summed E-state index contributed by atoms with van der Waals surface area (Å²) in [6, 6.07) is 10.00. The summed E-state index contributed by atoms with van der Waals surface area (Å²) < 4.78 is 0. The molecule has 6 N–H and O–H groups in total. The number of aliphatic hydroxyl groups is 1. The van der Waals surface area contributed by atoms with Crippen LogP contribution in [0.4, 0.5) is 11.4 Å². The molecule has 2 aromatic carbocycles. The molecular weight excluding hydrogens is 316 g/mol. The minimum atomic E-state index is 0.0483. The molecule has 0 atom stereocenters. The van der Waals surface area contributed by atoms with E-state index in [0.29, 0.717) is 23.9 Å². The lowest BCUT2D eigenvalue weighted by Crippen LogP contribution is -2.26. The third-order valence-corrected chi connectivity index (χ3v) is 4.58. The average Bonchev–Trinajstić information content (AvgIpc) is 2.55. The van der Waals surface area contributed by atoms with Crippen molar-refractivity contribution in [2.45, 2.75) is 45.6 Å². The Hall–Kier alpha value is -2.40. The Labute approximate surface area is 149 Å². The maximum absolute atomic E-state index is 9.46. The van der Waals surface area contributed by atoms with E-state index in [1.54, 1.807) is 19.1 Å². The number of nitrogens with two attached hydrogens (primary N) is 1. The number of hydrogen-bond acceptors (Lipinski definition) is 5. The van der Waals surface area contributed by atoms with E-state index in [2.05, 4.69) is 5.32 Å². The minimum Gasteiger partial charge on any atom is -0.508 e. The van der Waals surface area contributed by atoms with Crippen LogP contribution in [0.15, 0.2) is 30.3 Å².